The highest BCUT2D eigenvalue weighted by Gasteiger charge is 2.21. The summed E-state index contributed by atoms with van der Waals surface area (Å²) in [5.41, 5.74) is 0.642. The van der Waals surface area contributed by atoms with Crippen LogP contribution in [0.4, 0.5) is 5.69 Å². The van der Waals surface area contributed by atoms with Crippen LogP contribution in [0.3, 0.4) is 0 Å². The van der Waals surface area contributed by atoms with E-state index in [4.69, 9.17) is 11.6 Å². The first kappa shape index (κ1) is 13.2. The zero-order chi connectivity index (χ0) is 12.3. The van der Waals surface area contributed by atoms with Gasteiger partial charge in [0.25, 0.3) is 0 Å². The van der Waals surface area contributed by atoms with E-state index in [0.29, 0.717) is 10.7 Å². The van der Waals surface area contributed by atoms with Gasteiger partial charge in [0.1, 0.15) is 0 Å². The molecule has 92 valence electrons. The average molecular weight is 336 g/mol. The Kier molecular flexibility index (Phi) is 4.73. The zero-order valence-electron chi connectivity index (χ0n) is 9.00. The molecule has 17 heavy (non-hydrogen) atoms. The third kappa shape index (κ3) is 3.61. The van der Waals surface area contributed by atoms with Crippen molar-refractivity contribution in [3.63, 3.8) is 0 Å². The number of hydrogen-bond donors (Lipinski definition) is 2. The molecule has 1 saturated heterocycles. The molecule has 1 amide bonds. The Bertz CT molecular complexity index is 424. The van der Waals surface area contributed by atoms with E-state index in [1.807, 2.05) is 6.07 Å². The van der Waals surface area contributed by atoms with Crippen LogP contribution >= 0.6 is 39.3 Å². The van der Waals surface area contributed by atoms with Gasteiger partial charge in [-0.2, -0.15) is 11.8 Å². The highest BCUT2D eigenvalue weighted by Crippen LogP contribution is 2.26. The molecule has 0 spiro atoms. The van der Waals surface area contributed by atoms with Crippen molar-refractivity contribution in [1.82, 2.24) is 5.32 Å². The van der Waals surface area contributed by atoms with Crippen molar-refractivity contribution in [3.8, 4) is 0 Å². The summed E-state index contributed by atoms with van der Waals surface area (Å²) in [6, 6.07) is 5.26. The maximum atomic E-state index is 12.0. The molecule has 1 atom stereocenters. The van der Waals surface area contributed by atoms with Gasteiger partial charge in [-0.1, -0.05) is 27.5 Å². The van der Waals surface area contributed by atoms with Crippen LogP contribution < -0.4 is 10.6 Å². The van der Waals surface area contributed by atoms with Crippen molar-refractivity contribution < 1.29 is 4.79 Å². The highest BCUT2D eigenvalue weighted by molar-refractivity contribution is 9.10. The first-order valence-electron chi connectivity index (χ1n) is 5.24. The molecule has 0 bridgehead atoms. The summed E-state index contributed by atoms with van der Waals surface area (Å²) in [6.45, 7) is 0.870. The third-order valence-corrected chi connectivity index (χ3v) is 4.31. The third-order valence-electron chi connectivity index (χ3n) is 2.42. The first-order valence-corrected chi connectivity index (χ1v) is 7.56. The molecule has 0 radical (unpaired) electrons. The summed E-state index contributed by atoms with van der Waals surface area (Å²) in [5.74, 6) is 1.83. The normalized spacial score (nSPS) is 20.0. The minimum absolute atomic E-state index is 0.0304. The number of hydrogen-bond acceptors (Lipinski definition) is 3. The van der Waals surface area contributed by atoms with E-state index < -0.39 is 0 Å². The summed E-state index contributed by atoms with van der Waals surface area (Å²) in [4.78, 5) is 12.0. The number of carbonyl (C=O) groups excluding carboxylic acids is 1. The smallest absolute Gasteiger partial charge is 0.242 e. The highest BCUT2D eigenvalue weighted by atomic mass is 79.9. The second-order valence-electron chi connectivity index (χ2n) is 3.70. The van der Waals surface area contributed by atoms with Gasteiger partial charge < -0.3 is 10.6 Å². The number of anilines is 1. The van der Waals surface area contributed by atoms with Crippen LogP contribution in [0.5, 0.6) is 0 Å². The van der Waals surface area contributed by atoms with Gasteiger partial charge in [0.15, 0.2) is 0 Å². The lowest BCUT2D eigenvalue weighted by molar-refractivity contribution is -0.117. The van der Waals surface area contributed by atoms with E-state index in [2.05, 4.69) is 26.6 Å². The second kappa shape index (κ2) is 6.09. The fourth-order valence-electron chi connectivity index (χ4n) is 1.55. The van der Waals surface area contributed by atoms with Gasteiger partial charge >= 0.3 is 0 Å². The molecule has 1 heterocycles. The van der Waals surface area contributed by atoms with E-state index >= 15 is 0 Å². The van der Waals surface area contributed by atoms with Crippen molar-refractivity contribution in [3.05, 3.63) is 27.7 Å². The van der Waals surface area contributed by atoms with Crippen molar-refractivity contribution in [2.45, 2.75) is 6.04 Å². The maximum Gasteiger partial charge on any atom is 0.242 e. The number of benzene rings is 1. The van der Waals surface area contributed by atoms with Gasteiger partial charge in [0.05, 0.1) is 16.8 Å². The molecule has 6 heteroatoms. The Morgan fingerprint density at radius 3 is 3.12 bits per heavy atom. The van der Waals surface area contributed by atoms with Gasteiger partial charge in [0.2, 0.25) is 5.91 Å². The van der Waals surface area contributed by atoms with Gasteiger partial charge in [-0.3, -0.25) is 4.79 Å². The van der Waals surface area contributed by atoms with Crippen LogP contribution in [0.25, 0.3) is 0 Å². The number of thioether (sulfide) groups is 1. The topological polar surface area (TPSA) is 41.1 Å². The molecule has 1 unspecified atom stereocenters. The Hall–Kier alpha value is -0.230. The SMILES string of the molecule is O=C(Nc1cc(Br)ccc1Cl)C1CSCCN1. The van der Waals surface area contributed by atoms with Crippen molar-refractivity contribution in [2.24, 2.45) is 0 Å². The number of carbonyl (C=O) groups is 1. The van der Waals surface area contributed by atoms with Crippen LogP contribution in [-0.2, 0) is 4.79 Å². The molecular weight excluding hydrogens is 324 g/mol. The lowest BCUT2D eigenvalue weighted by Crippen LogP contribution is -2.46. The quantitative estimate of drug-likeness (QED) is 0.873. The number of rotatable bonds is 2. The van der Waals surface area contributed by atoms with E-state index in [0.717, 1.165) is 22.5 Å². The Balaban J connectivity index is 2.04. The summed E-state index contributed by atoms with van der Waals surface area (Å²) in [7, 11) is 0. The minimum Gasteiger partial charge on any atom is -0.323 e. The molecule has 1 aromatic carbocycles. The Morgan fingerprint density at radius 2 is 2.41 bits per heavy atom. The first-order chi connectivity index (χ1) is 8.16. The molecular formula is C11H12BrClN2OS. The predicted molar refractivity (Wildman–Crippen MR) is 76.9 cm³/mol. The maximum absolute atomic E-state index is 12.0. The molecule has 3 nitrogen and oxygen atoms in total. The second-order valence-corrected chi connectivity index (χ2v) is 6.17. The minimum atomic E-state index is -0.135. The van der Waals surface area contributed by atoms with E-state index in [1.165, 1.54) is 0 Å². The average Bonchev–Trinajstić information content (AvgIpc) is 2.35. The largest absolute Gasteiger partial charge is 0.323 e. The summed E-state index contributed by atoms with van der Waals surface area (Å²) < 4.78 is 0.892. The lowest BCUT2D eigenvalue weighted by atomic mass is 10.2. The number of halogens is 2. The van der Waals surface area contributed by atoms with Gasteiger partial charge in [-0.15, -0.1) is 0 Å². The molecule has 1 aliphatic rings. The molecule has 0 saturated carbocycles. The molecule has 2 N–H and O–H groups in total. The zero-order valence-corrected chi connectivity index (χ0v) is 12.2. The van der Waals surface area contributed by atoms with Crippen LogP contribution in [0.2, 0.25) is 5.02 Å². The number of nitrogens with one attached hydrogen (secondary N) is 2. The van der Waals surface area contributed by atoms with Crippen LogP contribution in [0.1, 0.15) is 0 Å². The van der Waals surface area contributed by atoms with Crippen LogP contribution in [-0.4, -0.2) is 30.0 Å². The van der Waals surface area contributed by atoms with Crippen LogP contribution in [0.15, 0.2) is 22.7 Å². The summed E-state index contributed by atoms with van der Waals surface area (Å²) >= 11 is 11.2. The van der Waals surface area contributed by atoms with Crippen LogP contribution in [0, 0.1) is 0 Å². The van der Waals surface area contributed by atoms with E-state index in [-0.39, 0.29) is 11.9 Å². The van der Waals surface area contributed by atoms with Gasteiger partial charge in [-0.25, -0.2) is 0 Å². The monoisotopic (exact) mass is 334 g/mol. The van der Waals surface area contributed by atoms with Crippen molar-refractivity contribution in [2.75, 3.05) is 23.4 Å². The summed E-state index contributed by atoms with van der Waals surface area (Å²) in [6.07, 6.45) is 0. The predicted octanol–water partition coefficient (Wildman–Crippen LogP) is 2.75. The van der Waals surface area contributed by atoms with Crippen molar-refractivity contribution >= 4 is 50.9 Å². The molecule has 0 aliphatic carbocycles. The molecule has 2 rings (SSSR count). The van der Waals surface area contributed by atoms with Gasteiger partial charge in [-0.05, 0) is 18.2 Å². The molecule has 1 aromatic rings. The Morgan fingerprint density at radius 1 is 1.59 bits per heavy atom. The molecule has 1 fully saturated rings. The number of amides is 1. The van der Waals surface area contributed by atoms with E-state index in [1.54, 1.807) is 23.9 Å². The van der Waals surface area contributed by atoms with Crippen molar-refractivity contribution in [1.29, 1.82) is 0 Å². The fourth-order valence-corrected chi connectivity index (χ4v) is 3.01. The lowest BCUT2D eigenvalue weighted by Gasteiger charge is -2.22. The summed E-state index contributed by atoms with van der Waals surface area (Å²) in [5, 5.41) is 6.58. The molecule has 0 aromatic heterocycles. The standard InChI is InChI=1S/C11H12BrClN2OS/c12-7-1-2-8(13)9(5-7)15-11(16)10-6-17-4-3-14-10/h1-2,5,10,14H,3-4,6H2,(H,15,16). The van der Waals surface area contributed by atoms with Gasteiger partial charge in [0, 0.05) is 22.5 Å². The fraction of sp³-hybridized carbons (Fsp3) is 0.364. The molecule has 1 aliphatic heterocycles. The Labute approximate surface area is 118 Å². The van der Waals surface area contributed by atoms with E-state index in [9.17, 15) is 4.79 Å².